The van der Waals surface area contributed by atoms with E-state index in [9.17, 15) is 9.59 Å². The van der Waals surface area contributed by atoms with E-state index in [1.807, 2.05) is 31.2 Å². The molecule has 0 fully saturated rings. The number of methoxy groups -OCH3 is 2. The second-order valence-electron chi connectivity index (χ2n) is 6.78. The predicted molar refractivity (Wildman–Crippen MR) is 113 cm³/mol. The average Bonchev–Trinajstić information content (AvgIpc) is 2.76. The molecule has 0 aliphatic rings. The van der Waals surface area contributed by atoms with Crippen LogP contribution in [0.25, 0.3) is 11.4 Å². The van der Waals surface area contributed by atoms with Gasteiger partial charge < -0.3 is 19.8 Å². The molecular weight excluding hydrogens is 384 g/mol. The molecular formula is C22H24N4O4. The van der Waals surface area contributed by atoms with Gasteiger partial charge in [-0.25, -0.2) is 0 Å². The number of rotatable bonds is 8. The van der Waals surface area contributed by atoms with E-state index < -0.39 is 0 Å². The third-order valence-electron chi connectivity index (χ3n) is 4.58. The van der Waals surface area contributed by atoms with E-state index in [0.717, 1.165) is 11.1 Å². The van der Waals surface area contributed by atoms with Gasteiger partial charge in [0.1, 0.15) is 5.69 Å². The van der Waals surface area contributed by atoms with Crippen LogP contribution in [0.3, 0.4) is 0 Å². The van der Waals surface area contributed by atoms with E-state index in [0.29, 0.717) is 29.4 Å². The Kier molecular flexibility index (Phi) is 6.79. The van der Waals surface area contributed by atoms with E-state index in [-0.39, 0.29) is 30.0 Å². The molecule has 30 heavy (non-hydrogen) atoms. The molecule has 2 aromatic carbocycles. The number of benzene rings is 2. The minimum atomic E-state index is -0.374. The van der Waals surface area contributed by atoms with Gasteiger partial charge in [-0.3, -0.25) is 9.59 Å². The van der Waals surface area contributed by atoms with Crippen LogP contribution in [-0.4, -0.2) is 35.3 Å². The molecule has 0 atom stereocenters. The molecule has 3 aromatic rings. The molecule has 2 N–H and O–H groups in total. The molecule has 0 saturated heterocycles. The molecule has 1 heterocycles. The van der Waals surface area contributed by atoms with Crippen LogP contribution >= 0.6 is 0 Å². The highest BCUT2D eigenvalue weighted by Gasteiger charge is 2.12. The summed E-state index contributed by atoms with van der Waals surface area (Å²) >= 11 is 0. The summed E-state index contributed by atoms with van der Waals surface area (Å²) in [6, 6.07) is 13.1. The number of ether oxygens (including phenoxy) is 2. The van der Waals surface area contributed by atoms with Crippen LogP contribution in [0.4, 0.5) is 0 Å². The Balaban J connectivity index is 1.61. The minimum Gasteiger partial charge on any atom is -0.493 e. The highest BCUT2D eigenvalue weighted by atomic mass is 16.5. The summed E-state index contributed by atoms with van der Waals surface area (Å²) in [5.74, 6) is 1.26. The number of aromatic amines is 1. The fourth-order valence-corrected chi connectivity index (χ4v) is 2.98. The van der Waals surface area contributed by atoms with Crippen molar-refractivity contribution in [1.29, 1.82) is 0 Å². The summed E-state index contributed by atoms with van der Waals surface area (Å²) < 4.78 is 10.5. The number of nitrogens with one attached hydrogen (secondary N) is 2. The monoisotopic (exact) mass is 408 g/mol. The Morgan fingerprint density at radius 3 is 2.57 bits per heavy atom. The molecule has 1 amide bonds. The molecule has 0 aliphatic carbocycles. The van der Waals surface area contributed by atoms with Crippen molar-refractivity contribution >= 4 is 5.91 Å². The van der Waals surface area contributed by atoms with E-state index in [1.165, 1.54) is 7.11 Å². The summed E-state index contributed by atoms with van der Waals surface area (Å²) in [5, 5.41) is 10.9. The Bertz CT molecular complexity index is 1090. The van der Waals surface area contributed by atoms with Crippen molar-refractivity contribution in [2.24, 2.45) is 0 Å². The largest absolute Gasteiger partial charge is 0.493 e. The lowest BCUT2D eigenvalue weighted by Crippen LogP contribution is -2.25. The van der Waals surface area contributed by atoms with Gasteiger partial charge in [0.05, 0.1) is 14.2 Å². The van der Waals surface area contributed by atoms with Crippen molar-refractivity contribution < 1.29 is 14.3 Å². The number of carbonyl (C=O) groups excluding carboxylic acids is 1. The summed E-state index contributed by atoms with van der Waals surface area (Å²) in [6.45, 7) is 2.45. The van der Waals surface area contributed by atoms with Gasteiger partial charge in [-0.1, -0.05) is 29.8 Å². The first kappa shape index (κ1) is 21.0. The fraction of sp³-hybridized carbons (Fsp3) is 0.273. The Labute approximate surface area is 174 Å². The predicted octanol–water partition coefficient (Wildman–Crippen LogP) is 2.41. The van der Waals surface area contributed by atoms with Crippen LogP contribution in [0.1, 0.15) is 23.2 Å². The van der Waals surface area contributed by atoms with Crippen LogP contribution in [0.5, 0.6) is 11.5 Å². The van der Waals surface area contributed by atoms with Gasteiger partial charge in [0.25, 0.3) is 5.56 Å². The van der Waals surface area contributed by atoms with Crippen LogP contribution < -0.4 is 20.3 Å². The number of hydrogen-bond donors (Lipinski definition) is 2. The zero-order valence-electron chi connectivity index (χ0n) is 17.2. The van der Waals surface area contributed by atoms with Gasteiger partial charge in [-0.05, 0) is 30.7 Å². The van der Waals surface area contributed by atoms with Gasteiger partial charge in [0.15, 0.2) is 17.3 Å². The number of amides is 1. The molecule has 0 unspecified atom stereocenters. The smallest absolute Gasteiger partial charge is 0.273 e. The number of nitrogens with zero attached hydrogens (tertiary/aromatic N) is 2. The molecule has 0 aliphatic heterocycles. The Morgan fingerprint density at radius 2 is 1.87 bits per heavy atom. The first-order valence-corrected chi connectivity index (χ1v) is 9.50. The van der Waals surface area contributed by atoms with Crippen LogP contribution in [0.2, 0.25) is 0 Å². The molecule has 0 radical (unpaired) electrons. The minimum absolute atomic E-state index is 0.151. The van der Waals surface area contributed by atoms with Crippen molar-refractivity contribution in [3.8, 4) is 22.9 Å². The highest BCUT2D eigenvalue weighted by Crippen LogP contribution is 2.30. The van der Waals surface area contributed by atoms with Crippen molar-refractivity contribution in [2.75, 3.05) is 14.2 Å². The Hall–Kier alpha value is -3.68. The average molecular weight is 408 g/mol. The topological polar surface area (TPSA) is 106 Å². The first-order chi connectivity index (χ1) is 14.5. The molecule has 1 aromatic heterocycles. The SMILES string of the molecule is COc1ccc(-c2nnc(CCC(=O)NCc3cccc(C)c3)c(=O)[nH]2)cc1OC. The number of hydrogen-bond acceptors (Lipinski definition) is 6. The standard InChI is InChI=1S/C22H24N4O4/c1-14-5-4-6-15(11-14)13-23-20(27)10-8-17-22(28)24-21(26-25-17)16-7-9-18(29-2)19(12-16)30-3/h4-7,9,11-12H,8,10,13H2,1-3H3,(H,23,27)(H,24,26,28). The quantitative estimate of drug-likeness (QED) is 0.593. The molecule has 0 spiro atoms. The number of H-pyrrole nitrogens is 1. The lowest BCUT2D eigenvalue weighted by atomic mass is 10.1. The van der Waals surface area contributed by atoms with Gasteiger partial charge in [0, 0.05) is 24.9 Å². The maximum absolute atomic E-state index is 12.4. The lowest BCUT2D eigenvalue weighted by Gasteiger charge is -2.09. The van der Waals surface area contributed by atoms with E-state index in [2.05, 4.69) is 20.5 Å². The zero-order valence-corrected chi connectivity index (χ0v) is 17.2. The molecule has 156 valence electrons. The summed E-state index contributed by atoms with van der Waals surface area (Å²) in [4.78, 5) is 27.2. The van der Waals surface area contributed by atoms with Crippen molar-refractivity contribution in [1.82, 2.24) is 20.5 Å². The molecule has 3 rings (SSSR count). The first-order valence-electron chi connectivity index (χ1n) is 9.50. The van der Waals surface area contributed by atoms with E-state index >= 15 is 0 Å². The van der Waals surface area contributed by atoms with Crippen LogP contribution in [0.15, 0.2) is 47.3 Å². The highest BCUT2D eigenvalue weighted by molar-refractivity contribution is 5.76. The molecule has 8 heteroatoms. The number of carbonyl (C=O) groups is 1. The maximum atomic E-state index is 12.4. The van der Waals surface area contributed by atoms with Gasteiger partial charge in [-0.15, -0.1) is 10.2 Å². The van der Waals surface area contributed by atoms with Crippen LogP contribution in [-0.2, 0) is 17.8 Å². The van der Waals surface area contributed by atoms with Gasteiger partial charge in [0.2, 0.25) is 5.91 Å². The molecule has 0 bridgehead atoms. The van der Waals surface area contributed by atoms with Crippen LogP contribution in [0, 0.1) is 6.92 Å². The third kappa shape index (κ3) is 5.22. The second kappa shape index (κ2) is 9.69. The van der Waals surface area contributed by atoms with Crippen molar-refractivity contribution in [3.05, 3.63) is 69.6 Å². The normalized spacial score (nSPS) is 10.5. The maximum Gasteiger partial charge on any atom is 0.273 e. The van der Waals surface area contributed by atoms with Crippen molar-refractivity contribution in [2.45, 2.75) is 26.3 Å². The molecule has 0 saturated carbocycles. The second-order valence-corrected chi connectivity index (χ2v) is 6.78. The summed E-state index contributed by atoms with van der Waals surface area (Å²) in [6.07, 6.45) is 0.355. The zero-order chi connectivity index (χ0) is 21.5. The molecule has 8 nitrogen and oxygen atoms in total. The number of aromatic nitrogens is 3. The van der Waals surface area contributed by atoms with Crippen molar-refractivity contribution in [3.63, 3.8) is 0 Å². The Morgan fingerprint density at radius 1 is 1.07 bits per heavy atom. The summed E-state index contributed by atoms with van der Waals surface area (Å²) in [5.41, 5.74) is 2.64. The lowest BCUT2D eigenvalue weighted by molar-refractivity contribution is -0.121. The number of aryl methyl sites for hydroxylation is 2. The van der Waals surface area contributed by atoms with E-state index in [4.69, 9.17) is 9.47 Å². The van der Waals surface area contributed by atoms with E-state index in [1.54, 1.807) is 25.3 Å². The fourth-order valence-electron chi connectivity index (χ4n) is 2.98. The third-order valence-corrected chi connectivity index (χ3v) is 4.58. The van der Waals surface area contributed by atoms with Gasteiger partial charge >= 0.3 is 0 Å². The summed E-state index contributed by atoms with van der Waals surface area (Å²) in [7, 11) is 3.08. The van der Waals surface area contributed by atoms with Gasteiger partial charge in [-0.2, -0.15) is 0 Å².